The van der Waals surface area contributed by atoms with Crippen molar-refractivity contribution in [2.45, 2.75) is 19.9 Å². The van der Waals surface area contributed by atoms with Gasteiger partial charge in [0.2, 0.25) is 0 Å². The Labute approximate surface area is 88.3 Å². The summed E-state index contributed by atoms with van der Waals surface area (Å²) in [4.78, 5) is 12.4. The van der Waals surface area contributed by atoms with Crippen LogP contribution in [-0.4, -0.2) is 18.5 Å². The van der Waals surface area contributed by atoms with Crippen molar-refractivity contribution >= 4 is 17.2 Å². The van der Waals surface area contributed by atoms with Crippen molar-refractivity contribution < 1.29 is 4.79 Å². The van der Waals surface area contributed by atoms with Gasteiger partial charge in [0, 0.05) is 12.6 Å². The number of amides is 1. The fourth-order valence-electron chi connectivity index (χ4n) is 1.15. The number of thiophene rings is 1. The number of nitrogens with two attached hydrogens (primary N) is 1. The highest BCUT2D eigenvalue weighted by Crippen LogP contribution is 2.09. The SMILES string of the molecule is CC(C)C(CN)NC(=O)c1cccs1. The van der Waals surface area contributed by atoms with E-state index in [1.54, 1.807) is 0 Å². The molecule has 4 heteroatoms. The fourth-order valence-corrected chi connectivity index (χ4v) is 1.77. The Morgan fingerprint density at radius 2 is 2.36 bits per heavy atom. The topological polar surface area (TPSA) is 55.1 Å². The van der Waals surface area contributed by atoms with Crippen LogP contribution in [0.2, 0.25) is 0 Å². The van der Waals surface area contributed by atoms with E-state index in [4.69, 9.17) is 5.73 Å². The summed E-state index contributed by atoms with van der Waals surface area (Å²) in [6.45, 7) is 4.58. The normalized spacial score (nSPS) is 12.9. The molecule has 1 heterocycles. The van der Waals surface area contributed by atoms with E-state index in [0.29, 0.717) is 12.5 Å². The van der Waals surface area contributed by atoms with Crippen molar-refractivity contribution in [3.63, 3.8) is 0 Å². The molecule has 0 spiro atoms. The second kappa shape index (κ2) is 5.12. The third-order valence-corrected chi connectivity index (χ3v) is 2.99. The summed E-state index contributed by atoms with van der Waals surface area (Å²) >= 11 is 1.44. The monoisotopic (exact) mass is 212 g/mol. The lowest BCUT2D eigenvalue weighted by molar-refractivity contribution is 0.0932. The highest BCUT2D eigenvalue weighted by Gasteiger charge is 2.15. The zero-order valence-corrected chi connectivity index (χ0v) is 9.30. The van der Waals surface area contributed by atoms with Gasteiger partial charge in [-0.05, 0) is 17.4 Å². The minimum atomic E-state index is -0.0239. The van der Waals surface area contributed by atoms with Gasteiger partial charge in [0.25, 0.3) is 5.91 Å². The van der Waals surface area contributed by atoms with Crippen molar-refractivity contribution in [3.05, 3.63) is 22.4 Å². The van der Waals surface area contributed by atoms with E-state index in [-0.39, 0.29) is 11.9 Å². The van der Waals surface area contributed by atoms with Crippen LogP contribution in [0.1, 0.15) is 23.5 Å². The lowest BCUT2D eigenvalue weighted by Crippen LogP contribution is -2.43. The van der Waals surface area contributed by atoms with Crippen molar-refractivity contribution in [2.75, 3.05) is 6.54 Å². The Morgan fingerprint density at radius 3 is 2.79 bits per heavy atom. The molecule has 1 atom stereocenters. The van der Waals surface area contributed by atoms with Gasteiger partial charge in [-0.1, -0.05) is 19.9 Å². The zero-order valence-electron chi connectivity index (χ0n) is 8.49. The maximum Gasteiger partial charge on any atom is 0.261 e. The number of rotatable bonds is 4. The van der Waals surface area contributed by atoms with E-state index in [1.165, 1.54) is 11.3 Å². The standard InChI is InChI=1S/C10H16N2OS/c1-7(2)8(6-11)12-10(13)9-4-3-5-14-9/h3-5,7-8H,6,11H2,1-2H3,(H,12,13). The molecule has 0 saturated heterocycles. The molecule has 1 unspecified atom stereocenters. The first-order valence-electron chi connectivity index (χ1n) is 4.69. The highest BCUT2D eigenvalue weighted by molar-refractivity contribution is 7.12. The minimum Gasteiger partial charge on any atom is -0.347 e. The molecule has 3 nitrogen and oxygen atoms in total. The molecule has 14 heavy (non-hydrogen) atoms. The molecule has 1 aromatic rings. The molecule has 0 bridgehead atoms. The van der Waals surface area contributed by atoms with E-state index in [1.807, 2.05) is 31.4 Å². The summed E-state index contributed by atoms with van der Waals surface area (Å²) < 4.78 is 0. The molecule has 78 valence electrons. The van der Waals surface area contributed by atoms with E-state index in [9.17, 15) is 4.79 Å². The van der Waals surface area contributed by atoms with Crippen LogP contribution >= 0.6 is 11.3 Å². The van der Waals surface area contributed by atoms with Gasteiger partial charge < -0.3 is 11.1 Å². The van der Waals surface area contributed by atoms with E-state index in [2.05, 4.69) is 5.32 Å². The molecule has 1 amide bonds. The van der Waals surface area contributed by atoms with Gasteiger partial charge in [0.15, 0.2) is 0 Å². The molecule has 0 fully saturated rings. The molecule has 0 saturated carbocycles. The average Bonchev–Trinajstić information content (AvgIpc) is 2.65. The molecule has 3 N–H and O–H groups in total. The number of carbonyl (C=O) groups is 1. The molecule has 1 aromatic heterocycles. The summed E-state index contributed by atoms with van der Waals surface area (Å²) in [5.41, 5.74) is 5.56. The third-order valence-electron chi connectivity index (χ3n) is 2.12. The van der Waals surface area contributed by atoms with Crippen LogP contribution < -0.4 is 11.1 Å². The molecule has 0 aliphatic rings. The second-order valence-corrected chi connectivity index (χ2v) is 4.48. The third kappa shape index (κ3) is 2.82. The van der Waals surface area contributed by atoms with Crippen molar-refractivity contribution in [3.8, 4) is 0 Å². The molecule has 0 radical (unpaired) electrons. The van der Waals surface area contributed by atoms with E-state index in [0.717, 1.165) is 4.88 Å². The Bertz CT molecular complexity index is 282. The molecule has 0 aliphatic heterocycles. The second-order valence-electron chi connectivity index (χ2n) is 3.54. The molecular formula is C10H16N2OS. The number of nitrogens with one attached hydrogen (secondary N) is 1. The molecular weight excluding hydrogens is 196 g/mol. The van der Waals surface area contributed by atoms with Crippen molar-refractivity contribution in [2.24, 2.45) is 11.7 Å². The first-order chi connectivity index (χ1) is 6.65. The first kappa shape index (κ1) is 11.2. The van der Waals surface area contributed by atoms with Crippen LogP contribution in [0.5, 0.6) is 0 Å². The van der Waals surface area contributed by atoms with Crippen LogP contribution in [-0.2, 0) is 0 Å². The Kier molecular flexibility index (Phi) is 4.10. The van der Waals surface area contributed by atoms with E-state index >= 15 is 0 Å². The first-order valence-corrected chi connectivity index (χ1v) is 5.57. The number of hydrogen-bond acceptors (Lipinski definition) is 3. The summed E-state index contributed by atoms with van der Waals surface area (Å²) in [5.74, 6) is 0.341. The smallest absolute Gasteiger partial charge is 0.261 e. The molecule has 0 aliphatic carbocycles. The fraction of sp³-hybridized carbons (Fsp3) is 0.500. The summed E-state index contributed by atoms with van der Waals surface area (Å²) in [5, 5.41) is 4.81. The zero-order chi connectivity index (χ0) is 10.6. The van der Waals surface area contributed by atoms with Gasteiger partial charge in [-0.3, -0.25) is 4.79 Å². The lowest BCUT2D eigenvalue weighted by atomic mass is 10.0. The van der Waals surface area contributed by atoms with Gasteiger partial charge in [-0.15, -0.1) is 11.3 Å². The molecule has 1 rings (SSSR count). The van der Waals surface area contributed by atoms with Crippen LogP contribution in [0.15, 0.2) is 17.5 Å². The van der Waals surface area contributed by atoms with Crippen LogP contribution in [0.3, 0.4) is 0 Å². The predicted octanol–water partition coefficient (Wildman–Crippen LogP) is 1.46. The average molecular weight is 212 g/mol. The van der Waals surface area contributed by atoms with Crippen molar-refractivity contribution in [1.82, 2.24) is 5.32 Å². The summed E-state index contributed by atoms with van der Waals surface area (Å²) in [6, 6.07) is 3.74. The number of hydrogen-bond donors (Lipinski definition) is 2. The van der Waals surface area contributed by atoms with Gasteiger partial charge in [-0.2, -0.15) is 0 Å². The summed E-state index contributed by atoms with van der Waals surface area (Å²) in [6.07, 6.45) is 0. The molecule has 0 aromatic carbocycles. The number of carbonyl (C=O) groups excluding carboxylic acids is 1. The predicted molar refractivity (Wildman–Crippen MR) is 59.5 cm³/mol. The van der Waals surface area contributed by atoms with Gasteiger partial charge >= 0.3 is 0 Å². The van der Waals surface area contributed by atoms with Gasteiger partial charge in [-0.25, -0.2) is 0 Å². The Balaban J connectivity index is 2.56. The van der Waals surface area contributed by atoms with Crippen LogP contribution in [0.25, 0.3) is 0 Å². The van der Waals surface area contributed by atoms with Crippen LogP contribution in [0, 0.1) is 5.92 Å². The lowest BCUT2D eigenvalue weighted by Gasteiger charge is -2.19. The Hall–Kier alpha value is -0.870. The van der Waals surface area contributed by atoms with Gasteiger partial charge in [0.05, 0.1) is 4.88 Å². The largest absolute Gasteiger partial charge is 0.347 e. The Morgan fingerprint density at radius 1 is 1.64 bits per heavy atom. The maximum atomic E-state index is 11.6. The van der Waals surface area contributed by atoms with E-state index < -0.39 is 0 Å². The van der Waals surface area contributed by atoms with Gasteiger partial charge in [0.1, 0.15) is 0 Å². The summed E-state index contributed by atoms with van der Waals surface area (Å²) in [7, 11) is 0. The van der Waals surface area contributed by atoms with Crippen molar-refractivity contribution in [1.29, 1.82) is 0 Å². The minimum absolute atomic E-state index is 0.0239. The quantitative estimate of drug-likeness (QED) is 0.794. The van der Waals surface area contributed by atoms with Crippen LogP contribution in [0.4, 0.5) is 0 Å². The maximum absolute atomic E-state index is 11.6. The highest BCUT2D eigenvalue weighted by atomic mass is 32.1.